The Morgan fingerprint density at radius 1 is 1.12 bits per heavy atom. The lowest BCUT2D eigenvalue weighted by Crippen LogP contribution is -2.50. The second-order valence-electron chi connectivity index (χ2n) is 6.31. The topological polar surface area (TPSA) is 89.3 Å². The first kappa shape index (κ1) is 16.2. The van der Waals surface area contributed by atoms with Crippen LogP contribution < -0.4 is 11.1 Å². The van der Waals surface area contributed by atoms with E-state index in [2.05, 4.69) is 5.32 Å². The zero-order valence-electron chi connectivity index (χ0n) is 13.3. The molecule has 5 heteroatoms. The van der Waals surface area contributed by atoms with Crippen molar-refractivity contribution in [1.29, 1.82) is 0 Å². The molecule has 1 aliphatic rings. The van der Waals surface area contributed by atoms with Crippen molar-refractivity contribution in [1.82, 2.24) is 5.32 Å². The molecule has 0 radical (unpaired) electrons. The molecule has 3 N–H and O–H groups in total. The van der Waals surface area contributed by atoms with E-state index in [1.807, 2.05) is 30.3 Å². The lowest BCUT2D eigenvalue weighted by Gasteiger charge is -2.28. The van der Waals surface area contributed by atoms with Crippen LogP contribution in [-0.4, -0.2) is 23.6 Å². The van der Waals surface area contributed by atoms with Gasteiger partial charge in [0.15, 0.2) is 0 Å². The summed E-state index contributed by atoms with van der Waals surface area (Å²) < 4.78 is 0. The van der Waals surface area contributed by atoms with Crippen LogP contribution in [0.15, 0.2) is 42.5 Å². The van der Waals surface area contributed by atoms with E-state index in [1.165, 1.54) is 0 Å². The zero-order valence-corrected chi connectivity index (χ0v) is 13.3. The van der Waals surface area contributed by atoms with Gasteiger partial charge in [-0.1, -0.05) is 30.3 Å². The van der Waals surface area contributed by atoms with Crippen molar-refractivity contribution in [2.24, 2.45) is 11.7 Å². The summed E-state index contributed by atoms with van der Waals surface area (Å²) in [6.45, 7) is 0. The van der Waals surface area contributed by atoms with Crippen LogP contribution >= 0.6 is 0 Å². The maximum Gasteiger partial charge on any atom is 0.251 e. The number of benzene rings is 2. The first-order chi connectivity index (χ1) is 11.5. The van der Waals surface area contributed by atoms with E-state index >= 15 is 0 Å². The third-order valence-corrected chi connectivity index (χ3v) is 4.60. The van der Waals surface area contributed by atoms with Gasteiger partial charge in [0.1, 0.15) is 11.8 Å². The minimum Gasteiger partial charge on any atom is -0.368 e. The normalized spacial score (nSPS) is 19.0. The van der Waals surface area contributed by atoms with Gasteiger partial charge in [-0.05, 0) is 41.7 Å². The van der Waals surface area contributed by atoms with Crippen molar-refractivity contribution in [2.75, 3.05) is 0 Å². The quantitative estimate of drug-likeness (QED) is 0.903. The van der Waals surface area contributed by atoms with Crippen molar-refractivity contribution >= 4 is 28.4 Å². The number of ketones is 1. The average molecular weight is 324 g/mol. The molecular weight excluding hydrogens is 304 g/mol. The first-order valence-electron chi connectivity index (χ1n) is 8.15. The van der Waals surface area contributed by atoms with Gasteiger partial charge in [0.25, 0.3) is 5.91 Å². The van der Waals surface area contributed by atoms with Crippen molar-refractivity contribution in [3.8, 4) is 0 Å². The van der Waals surface area contributed by atoms with Crippen LogP contribution in [0.4, 0.5) is 0 Å². The number of fused-ring (bicyclic) bond motifs is 1. The smallest absolute Gasteiger partial charge is 0.251 e. The Balaban J connectivity index is 1.79. The second kappa shape index (κ2) is 6.83. The molecule has 24 heavy (non-hydrogen) atoms. The van der Waals surface area contributed by atoms with Crippen molar-refractivity contribution in [2.45, 2.75) is 31.7 Å². The molecule has 1 aliphatic carbocycles. The number of carbonyl (C=O) groups is 3. The summed E-state index contributed by atoms with van der Waals surface area (Å²) in [5.74, 6) is -1.03. The van der Waals surface area contributed by atoms with Gasteiger partial charge in [0, 0.05) is 18.4 Å². The van der Waals surface area contributed by atoms with E-state index in [1.54, 1.807) is 12.1 Å². The zero-order chi connectivity index (χ0) is 17.1. The molecule has 1 saturated carbocycles. The first-order valence-corrected chi connectivity index (χ1v) is 8.15. The average Bonchev–Trinajstić information content (AvgIpc) is 2.58. The highest BCUT2D eigenvalue weighted by Gasteiger charge is 2.32. The molecule has 5 nitrogen and oxygen atoms in total. The monoisotopic (exact) mass is 324 g/mol. The van der Waals surface area contributed by atoms with Gasteiger partial charge in [0.2, 0.25) is 5.91 Å². The molecule has 0 unspecified atom stereocenters. The van der Waals surface area contributed by atoms with Gasteiger partial charge in [-0.15, -0.1) is 0 Å². The third-order valence-electron chi connectivity index (χ3n) is 4.60. The predicted molar refractivity (Wildman–Crippen MR) is 91.4 cm³/mol. The summed E-state index contributed by atoms with van der Waals surface area (Å²) >= 11 is 0. The number of primary amides is 1. The van der Waals surface area contributed by atoms with Gasteiger partial charge >= 0.3 is 0 Å². The highest BCUT2D eigenvalue weighted by Crippen LogP contribution is 2.25. The molecule has 2 aromatic rings. The molecule has 2 aromatic carbocycles. The molecule has 0 spiro atoms. The summed E-state index contributed by atoms with van der Waals surface area (Å²) in [5.41, 5.74) is 5.94. The summed E-state index contributed by atoms with van der Waals surface area (Å²) in [6.07, 6.45) is 2.29. The minimum atomic E-state index is -0.812. The fourth-order valence-corrected chi connectivity index (χ4v) is 3.32. The summed E-state index contributed by atoms with van der Waals surface area (Å²) in [4.78, 5) is 35.9. The van der Waals surface area contributed by atoms with E-state index in [9.17, 15) is 14.4 Å². The fourth-order valence-electron chi connectivity index (χ4n) is 3.32. The van der Waals surface area contributed by atoms with Crippen LogP contribution in [0.1, 0.15) is 36.0 Å². The number of hydrogen-bond acceptors (Lipinski definition) is 3. The Bertz CT molecular complexity index is 800. The van der Waals surface area contributed by atoms with E-state index in [-0.39, 0.29) is 17.6 Å². The van der Waals surface area contributed by atoms with Gasteiger partial charge in [-0.3, -0.25) is 14.4 Å². The maximum atomic E-state index is 12.5. The van der Waals surface area contributed by atoms with Crippen LogP contribution in [0.25, 0.3) is 10.8 Å². The molecule has 0 bridgehead atoms. The standard InChI is InChI=1S/C19H20N2O3/c20-18(23)17(14-6-3-7-16(22)11-14)21-19(24)15-9-8-12-4-1-2-5-13(12)10-15/h1-2,4-5,8-10,14,17H,3,6-7,11H2,(H2,20,23)(H,21,24)/t14-,17-/m0/s1. The number of carbonyl (C=O) groups excluding carboxylic acids is 3. The van der Waals surface area contributed by atoms with Crippen molar-refractivity contribution in [3.63, 3.8) is 0 Å². The molecule has 0 aromatic heterocycles. The number of amides is 2. The SMILES string of the molecule is NC(=O)[C@@H](NC(=O)c1ccc2ccccc2c1)[C@H]1CCCC(=O)C1. The van der Waals surface area contributed by atoms with Gasteiger partial charge in [-0.2, -0.15) is 0 Å². The lowest BCUT2D eigenvalue weighted by atomic mass is 9.82. The number of nitrogens with one attached hydrogen (secondary N) is 1. The molecular formula is C19H20N2O3. The van der Waals surface area contributed by atoms with Crippen LogP contribution in [0.5, 0.6) is 0 Å². The molecule has 0 heterocycles. The molecule has 0 aliphatic heterocycles. The molecule has 0 saturated heterocycles. The molecule has 3 rings (SSSR count). The predicted octanol–water partition coefficient (Wildman–Crippen LogP) is 2.18. The summed E-state index contributed by atoms with van der Waals surface area (Å²) in [7, 11) is 0. The highest BCUT2D eigenvalue weighted by atomic mass is 16.2. The van der Waals surface area contributed by atoms with Crippen LogP contribution in [-0.2, 0) is 9.59 Å². The van der Waals surface area contributed by atoms with E-state index in [0.717, 1.165) is 23.6 Å². The summed E-state index contributed by atoms with van der Waals surface area (Å²) in [5, 5.41) is 4.71. The van der Waals surface area contributed by atoms with E-state index in [4.69, 9.17) is 5.73 Å². The van der Waals surface area contributed by atoms with Gasteiger partial charge in [0.05, 0.1) is 0 Å². The largest absolute Gasteiger partial charge is 0.368 e. The Kier molecular flexibility index (Phi) is 4.60. The highest BCUT2D eigenvalue weighted by molar-refractivity contribution is 6.00. The third kappa shape index (κ3) is 3.45. The molecule has 1 fully saturated rings. The number of nitrogens with two attached hydrogens (primary N) is 1. The summed E-state index contributed by atoms with van der Waals surface area (Å²) in [6, 6.07) is 12.3. The van der Waals surface area contributed by atoms with Crippen molar-refractivity contribution < 1.29 is 14.4 Å². The van der Waals surface area contributed by atoms with Crippen LogP contribution in [0, 0.1) is 5.92 Å². The minimum absolute atomic E-state index is 0.123. The van der Waals surface area contributed by atoms with Crippen LogP contribution in [0.3, 0.4) is 0 Å². The Morgan fingerprint density at radius 2 is 1.88 bits per heavy atom. The number of Topliss-reactive ketones (excluding diaryl/α,β-unsaturated/α-hetero) is 1. The number of hydrogen-bond donors (Lipinski definition) is 2. The van der Waals surface area contributed by atoms with E-state index in [0.29, 0.717) is 18.4 Å². The van der Waals surface area contributed by atoms with Gasteiger partial charge < -0.3 is 11.1 Å². The van der Waals surface area contributed by atoms with Crippen molar-refractivity contribution in [3.05, 3.63) is 48.0 Å². The molecule has 2 atom stereocenters. The van der Waals surface area contributed by atoms with E-state index < -0.39 is 11.9 Å². The Hall–Kier alpha value is -2.69. The molecule has 124 valence electrons. The Labute approximate surface area is 140 Å². The van der Waals surface area contributed by atoms with Gasteiger partial charge in [-0.25, -0.2) is 0 Å². The molecule has 2 amide bonds. The maximum absolute atomic E-state index is 12.5. The second-order valence-corrected chi connectivity index (χ2v) is 6.31. The lowest BCUT2D eigenvalue weighted by molar-refractivity contribution is -0.124. The Morgan fingerprint density at radius 3 is 2.58 bits per heavy atom. The fraction of sp³-hybridized carbons (Fsp3) is 0.316. The number of rotatable bonds is 4. The van der Waals surface area contributed by atoms with Crippen LogP contribution in [0.2, 0.25) is 0 Å².